The number of benzene rings is 1. The molecule has 3 aromatic rings. The van der Waals surface area contributed by atoms with Crippen molar-refractivity contribution in [3.05, 3.63) is 47.8 Å². The topological polar surface area (TPSA) is 58.5 Å². The molecular weight excluding hydrogens is 274 g/mol. The second kappa shape index (κ2) is 5.57. The van der Waals surface area contributed by atoms with Crippen LogP contribution in [0, 0.1) is 0 Å². The molecule has 2 aromatic heterocycles. The number of hydrogen-bond acceptors (Lipinski definition) is 3. The van der Waals surface area contributed by atoms with Gasteiger partial charge in [-0.15, -0.1) is 0 Å². The van der Waals surface area contributed by atoms with Crippen molar-refractivity contribution in [2.45, 2.75) is 38.8 Å². The number of nitrogens with zero attached hydrogens (tertiary/aromatic N) is 3. The van der Waals surface area contributed by atoms with Crippen LogP contribution in [-0.2, 0) is 13.0 Å². The second-order valence-corrected chi connectivity index (χ2v) is 5.87. The molecule has 1 atom stereocenters. The van der Waals surface area contributed by atoms with Crippen LogP contribution in [0.5, 0.6) is 0 Å². The van der Waals surface area contributed by atoms with Crippen LogP contribution >= 0.6 is 0 Å². The summed E-state index contributed by atoms with van der Waals surface area (Å²) in [5, 5.41) is 3.59. The van der Waals surface area contributed by atoms with Gasteiger partial charge in [0.2, 0.25) is 0 Å². The van der Waals surface area contributed by atoms with Crippen LogP contribution in [0.25, 0.3) is 11.0 Å². The second-order valence-electron chi connectivity index (χ2n) is 5.87. The standard InChI is InChI=1S/C17H21N5/c1-2-3-10-22-14-7-5-4-6-12(14)21-17(22)16-15-13(8-9-18-16)19-11-20-15/h4-7,11,16,18H,2-3,8-10H2,1H3,(H,19,20). The maximum Gasteiger partial charge on any atom is 0.133 e. The zero-order valence-electron chi connectivity index (χ0n) is 12.8. The summed E-state index contributed by atoms with van der Waals surface area (Å²) >= 11 is 0. The van der Waals surface area contributed by atoms with Gasteiger partial charge in [-0.1, -0.05) is 25.5 Å². The number of aryl methyl sites for hydroxylation is 1. The van der Waals surface area contributed by atoms with Crippen molar-refractivity contribution < 1.29 is 0 Å². The number of unbranched alkanes of at least 4 members (excludes halogenated alkanes) is 1. The molecule has 1 aromatic carbocycles. The third-order valence-corrected chi connectivity index (χ3v) is 4.43. The summed E-state index contributed by atoms with van der Waals surface area (Å²) < 4.78 is 2.36. The molecule has 114 valence electrons. The van der Waals surface area contributed by atoms with Gasteiger partial charge in [-0.2, -0.15) is 0 Å². The highest BCUT2D eigenvalue weighted by molar-refractivity contribution is 5.76. The Bertz CT molecular complexity index is 785. The predicted octanol–water partition coefficient (Wildman–Crippen LogP) is 2.79. The first kappa shape index (κ1) is 13.5. The van der Waals surface area contributed by atoms with Crippen molar-refractivity contribution in [2.24, 2.45) is 0 Å². The quantitative estimate of drug-likeness (QED) is 0.778. The van der Waals surface area contributed by atoms with Crippen LogP contribution in [0.2, 0.25) is 0 Å². The molecular formula is C17H21N5. The number of fused-ring (bicyclic) bond motifs is 2. The van der Waals surface area contributed by atoms with E-state index in [-0.39, 0.29) is 6.04 Å². The van der Waals surface area contributed by atoms with E-state index in [1.807, 2.05) is 0 Å². The minimum absolute atomic E-state index is 0.0826. The molecule has 0 bridgehead atoms. The molecule has 2 N–H and O–H groups in total. The lowest BCUT2D eigenvalue weighted by Gasteiger charge is -2.23. The number of aromatic amines is 1. The Balaban J connectivity index is 1.85. The van der Waals surface area contributed by atoms with Gasteiger partial charge in [0.05, 0.1) is 23.1 Å². The van der Waals surface area contributed by atoms with Crippen molar-refractivity contribution in [1.82, 2.24) is 24.8 Å². The maximum atomic E-state index is 4.91. The van der Waals surface area contributed by atoms with Gasteiger partial charge in [0.1, 0.15) is 11.9 Å². The average Bonchev–Trinajstić information content (AvgIpc) is 3.17. The number of nitrogens with one attached hydrogen (secondary N) is 2. The van der Waals surface area contributed by atoms with Gasteiger partial charge in [0.15, 0.2) is 0 Å². The molecule has 0 amide bonds. The number of para-hydroxylation sites is 2. The lowest BCUT2D eigenvalue weighted by atomic mass is 10.0. The number of aromatic nitrogens is 4. The minimum Gasteiger partial charge on any atom is -0.348 e. The Hall–Kier alpha value is -2.14. The van der Waals surface area contributed by atoms with Gasteiger partial charge in [-0.05, 0) is 18.6 Å². The van der Waals surface area contributed by atoms with E-state index in [1.165, 1.54) is 17.6 Å². The van der Waals surface area contributed by atoms with E-state index in [1.54, 1.807) is 6.33 Å². The SMILES string of the molecule is CCCCn1c(C2NCCc3[nH]cnc32)nc2ccccc21. The molecule has 5 nitrogen and oxygen atoms in total. The first-order chi connectivity index (χ1) is 10.9. The van der Waals surface area contributed by atoms with Crippen LogP contribution in [0.4, 0.5) is 0 Å². The van der Waals surface area contributed by atoms with E-state index < -0.39 is 0 Å². The van der Waals surface area contributed by atoms with Gasteiger partial charge >= 0.3 is 0 Å². The monoisotopic (exact) mass is 295 g/mol. The minimum atomic E-state index is 0.0826. The Morgan fingerprint density at radius 2 is 2.23 bits per heavy atom. The van der Waals surface area contributed by atoms with Crippen molar-refractivity contribution in [1.29, 1.82) is 0 Å². The third kappa shape index (κ3) is 2.13. The Kier molecular flexibility index (Phi) is 3.42. The first-order valence-corrected chi connectivity index (χ1v) is 8.09. The molecule has 1 aliphatic heterocycles. The molecule has 5 heteroatoms. The summed E-state index contributed by atoms with van der Waals surface area (Å²) in [6.07, 6.45) is 5.13. The fourth-order valence-corrected chi connectivity index (χ4v) is 3.30. The van der Waals surface area contributed by atoms with Crippen LogP contribution < -0.4 is 5.32 Å². The van der Waals surface area contributed by atoms with Crippen molar-refractivity contribution in [2.75, 3.05) is 6.54 Å². The normalized spacial score (nSPS) is 17.8. The zero-order chi connectivity index (χ0) is 14.9. The molecule has 0 saturated heterocycles. The van der Waals surface area contributed by atoms with Crippen LogP contribution in [0.3, 0.4) is 0 Å². The maximum absolute atomic E-state index is 4.91. The zero-order valence-corrected chi connectivity index (χ0v) is 12.8. The van der Waals surface area contributed by atoms with Crippen LogP contribution in [-0.4, -0.2) is 26.1 Å². The average molecular weight is 295 g/mol. The fourth-order valence-electron chi connectivity index (χ4n) is 3.30. The smallest absolute Gasteiger partial charge is 0.133 e. The number of rotatable bonds is 4. The summed E-state index contributed by atoms with van der Waals surface area (Å²) in [6.45, 7) is 4.19. The summed E-state index contributed by atoms with van der Waals surface area (Å²) in [7, 11) is 0. The molecule has 0 spiro atoms. The van der Waals surface area contributed by atoms with Crippen molar-refractivity contribution in [3.63, 3.8) is 0 Å². The predicted molar refractivity (Wildman–Crippen MR) is 86.8 cm³/mol. The summed E-state index contributed by atoms with van der Waals surface area (Å²) in [4.78, 5) is 12.7. The van der Waals surface area contributed by atoms with Crippen molar-refractivity contribution in [3.8, 4) is 0 Å². The number of hydrogen-bond donors (Lipinski definition) is 2. The van der Waals surface area contributed by atoms with Crippen LogP contribution in [0.1, 0.15) is 43.0 Å². The Labute approximate surface area is 129 Å². The molecule has 22 heavy (non-hydrogen) atoms. The van der Waals surface area contributed by atoms with Crippen molar-refractivity contribution >= 4 is 11.0 Å². The molecule has 0 fully saturated rings. The lowest BCUT2D eigenvalue weighted by molar-refractivity contribution is 0.499. The summed E-state index contributed by atoms with van der Waals surface area (Å²) in [6, 6.07) is 8.48. The van der Waals surface area contributed by atoms with E-state index in [9.17, 15) is 0 Å². The summed E-state index contributed by atoms with van der Waals surface area (Å²) in [5.74, 6) is 1.09. The first-order valence-electron chi connectivity index (χ1n) is 8.09. The third-order valence-electron chi connectivity index (χ3n) is 4.43. The van der Waals surface area contributed by atoms with Gasteiger partial charge in [-0.25, -0.2) is 9.97 Å². The highest BCUT2D eigenvalue weighted by Crippen LogP contribution is 2.28. The number of H-pyrrole nitrogens is 1. The van der Waals surface area contributed by atoms with E-state index in [4.69, 9.17) is 4.98 Å². The van der Waals surface area contributed by atoms with E-state index in [0.29, 0.717) is 0 Å². The molecule has 0 radical (unpaired) electrons. The van der Waals surface area contributed by atoms with E-state index in [0.717, 1.165) is 43.0 Å². The highest BCUT2D eigenvalue weighted by atomic mass is 15.1. The highest BCUT2D eigenvalue weighted by Gasteiger charge is 2.28. The Morgan fingerprint density at radius 1 is 1.32 bits per heavy atom. The fraction of sp³-hybridized carbons (Fsp3) is 0.412. The molecule has 3 heterocycles. The van der Waals surface area contributed by atoms with Gasteiger partial charge in [-0.3, -0.25) is 0 Å². The largest absolute Gasteiger partial charge is 0.348 e. The van der Waals surface area contributed by atoms with Gasteiger partial charge in [0.25, 0.3) is 0 Å². The van der Waals surface area contributed by atoms with Gasteiger partial charge < -0.3 is 14.9 Å². The summed E-state index contributed by atoms with van der Waals surface area (Å²) in [5.41, 5.74) is 4.62. The number of imidazole rings is 2. The Morgan fingerprint density at radius 3 is 3.14 bits per heavy atom. The lowest BCUT2D eigenvalue weighted by Crippen LogP contribution is -2.32. The molecule has 4 rings (SSSR count). The van der Waals surface area contributed by atoms with E-state index >= 15 is 0 Å². The molecule has 1 aliphatic rings. The van der Waals surface area contributed by atoms with E-state index in [2.05, 4.69) is 51.0 Å². The van der Waals surface area contributed by atoms with Crippen LogP contribution in [0.15, 0.2) is 30.6 Å². The molecule has 0 saturated carbocycles. The van der Waals surface area contributed by atoms with Gasteiger partial charge in [0, 0.05) is 25.2 Å². The molecule has 1 unspecified atom stereocenters. The molecule has 0 aliphatic carbocycles.